The number of nitrogens with one attached hydrogen (secondary N) is 2. The summed E-state index contributed by atoms with van der Waals surface area (Å²) in [5.41, 5.74) is 1.36. The van der Waals surface area contributed by atoms with E-state index in [0.29, 0.717) is 6.04 Å². The minimum absolute atomic E-state index is 0.593. The fourth-order valence-electron chi connectivity index (χ4n) is 1.48. The highest BCUT2D eigenvalue weighted by Gasteiger charge is 2.18. The van der Waals surface area contributed by atoms with Gasteiger partial charge < -0.3 is 10.6 Å². The van der Waals surface area contributed by atoms with Crippen LogP contribution in [-0.4, -0.2) is 19.1 Å². The Kier molecular flexibility index (Phi) is 1.47. The quantitative estimate of drug-likeness (QED) is 0.503. The van der Waals surface area contributed by atoms with Gasteiger partial charge in [-0.3, -0.25) is 0 Å². The maximum Gasteiger partial charge on any atom is 0.0488 e. The Labute approximate surface area is 61.0 Å². The second kappa shape index (κ2) is 2.46. The Morgan fingerprint density at radius 1 is 1.50 bits per heavy atom. The van der Waals surface area contributed by atoms with Crippen molar-refractivity contribution in [3.8, 4) is 0 Å². The van der Waals surface area contributed by atoms with Crippen molar-refractivity contribution in [1.29, 1.82) is 0 Å². The zero-order valence-electron chi connectivity index (χ0n) is 5.93. The molecular weight excluding hydrogens is 124 g/mol. The Balaban J connectivity index is 2.18. The van der Waals surface area contributed by atoms with Gasteiger partial charge in [-0.05, 0) is 12.5 Å². The molecule has 2 nitrogen and oxygen atoms in total. The normalized spacial score (nSPS) is 30.4. The van der Waals surface area contributed by atoms with Crippen LogP contribution in [0.25, 0.3) is 0 Å². The first-order valence-corrected chi connectivity index (χ1v) is 3.81. The number of allylic oxidation sites excluding steroid dienone is 2. The molecule has 1 unspecified atom stereocenters. The van der Waals surface area contributed by atoms with Gasteiger partial charge in [0, 0.05) is 24.8 Å². The van der Waals surface area contributed by atoms with E-state index in [1.807, 2.05) is 0 Å². The van der Waals surface area contributed by atoms with E-state index < -0.39 is 0 Å². The lowest BCUT2D eigenvalue weighted by molar-refractivity contribution is 0.629. The first-order valence-electron chi connectivity index (χ1n) is 3.81. The summed E-state index contributed by atoms with van der Waals surface area (Å²) in [5.74, 6) is 0. The van der Waals surface area contributed by atoms with Crippen molar-refractivity contribution >= 4 is 0 Å². The highest BCUT2D eigenvalue weighted by atomic mass is 15.0. The summed E-state index contributed by atoms with van der Waals surface area (Å²) in [6.07, 6.45) is 7.65. The molecule has 2 rings (SSSR count). The molecule has 1 fully saturated rings. The summed E-state index contributed by atoms with van der Waals surface area (Å²) in [7, 11) is 0. The highest BCUT2D eigenvalue weighted by molar-refractivity contribution is 5.22. The maximum absolute atomic E-state index is 3.43. The molecule has 2 heteroatoms. The molecule has 0 aliphatic carbocycles. The molecule has 2 aliphatic heterocycles. The van der Waals surface area contributed by atoms with E-state index in [0.717, 1.165) is 13.1 Å². The van der Waals surface area contributed by atoms with Gasteiger partial charge in [0.1, 0.15) is 0 Å². The van der Waals surface area contributed by atoms with Crippen molar-refractivity contribution in [2.24, 2.45) is 0 Å². The monoisotopic (exact) mass is 136 g/mol. The van der Waals surface area contributed by atoms with Crippen LogP contribution in [0.5, 0.6) is 0 Å². The lowest BCUT2D eigenvalue weighted by atomic mass is 10.2. The van der Waals surface area contributed by atoms with Crippen molar-refractivity contribution < 1.29 is 0 Å². The van der Waals surface area contributed by atoms with E-state index in [2.05, 4.69) is 28.9 Å². The Morgan fingerprint density at radius 2 is 2.50 bits per heavy atom. The lowest BCUT2D eigenvalue weighted by Crippen LogP contribution is -2.28. The van der Waals surface area contributed by atoms with E-state index in [1.165, 1.54) is 12.1 Å². The van der Waals surface area contributed by atoms with Gasteiger partial charge in [-0.1, -0.05) is 12.2 Å². The van der Waals surface area contributed by atoms with E-state index in [4.69, 9.17) is 0 Å². The molecule has 0 aromatic heterocycles. The van der Waals surface area contributed by atoms with Crippen molar-refractivity contribution in [2.75, 3.05) is 13.1 Å². The molecule has 10 heavy (non-hydrogen) atoms. The third kappa shape index (κ3) is 0.948. The molecule has 0 amide bonds. The third-order valence-electron chi connectivity index (χ3n) is 2.03. The summed E-state index contributed by atoms with van der Waals surface area (Å²) >= 11 is 0. The van der Waals surface area contributed by atoms with Crippen molar-refractivity contribution in [3.63, 3.8) is 0 Å². The Morgan fingerprint density at radius 3 is 3.50 bits per heavy atom. The summed E-state index contributed by atoms with van der Waals surface area (Å²) in [5, 5.41) is 6.77. The van der Waals surface area contributed by atoms with Crippen molar-refractivity contribution in [1.82, 2.24) is 10.6 Å². The van der Waals surface area contributed by atoms with E-state index in [-0.39, 0.29) is 0 Å². The van der Waals surface area contributed by atoms with Gasteiger partial charge in [-0.2, -0.15) is 0 Å². The fourth-order valence-corrected chi connectivity index (χ4v) is 1.48. The molecular formula is C8H12N2. The van der Waals surface area contributed by atoms with Crippen LogP contribution in [0, 0.1) is 0 Å². The molecule has 0 saturated carbocycles. The molecule has 0 aromatic rings. The van der Waals surface area contributed by atoms with E-state index in [9.17, 15) is 0 Å². The number of rotatable bonds is 0. The van der Waals surface area contributed by atoms with Crippen LogP contribution in [0.3, 0.4) is 0 Å². The van der Waals surface area contributed by atoms with Gasteiger partial charge >= 0.3 is 0 Å². The van der Waals surface area contributed by atoms with Gasteiger partial charge in [0.25, 0.3) is 0 Å². The first-order chi connectivity index (χ1) is 4.97. The van der Waals surface area contributed by atoms with Crippen LogP contribution in [0.15, 0.2) is 23.9 Å². The van der Waals surface area contributed by atoms with Gasteiger partial charge in [0.15, 0.2) is 0 Å². The standard InChI is InChI=1S/C8H12N2/c1-2-5-9-8-4-6-10-7(8)3-1/h1-3,8-10H,4-6H2. The second-order valence-electron chi connectivity index (χ2n) is 2.73. The molecule has 54 valence electrons. The maximum atomic E-state index is 3.43. The Bertz CT molecular complexity index is 182. The van der Waals surface area contributed by atoms with Crippen LogP contribution in [0.1, 0.15) is 6.42 Å². The molecule has 0 spiro atoms. The van der Waals surface area contributed by atoms with Crippen molar-refractivity contribution in [2.45, 2.75) is 12.5 Å². The van der Waals surface area contributed by atoms with Gasteiger partial charge in [0.2, 0.25) is 0 Å². The van der Waals surface area contributed by atoms with E-state index >= 15 is 0 Å². The molecule has 2 heterocycles. The molecule has 2 N–H and O–H groups in total. The molecule has 0 aromatic carbocycles. The minimum Gasteiger partial charge on any atom is -0.387 e. The molecule has 1 saturated heterocycles. The summed E-state index contributed by atoms with van der Waals surface area (Å²) in [4.78, 5) is 0. The predicted octanol–water partition coefficient (Wildman–Crippen LogP) is 0.392. The third-order valence-corrected chi connectivity index (χ3v) is 2.03. The predicted molar refractivity (Wildman–Crippen MR) is 41.6 cm³/mol. The van der Waals surface area contributed by atoms with Crippen LogP contribution in [0.4, 0.5) is 0 Å². The SMILES string of the molecule is C1=CCNC2CCNC2=C1. The topological polar surface area (TPSA) is 24.1 Å². The van der Waals surface area contributed by atoms with Gasteiger partial charge in [0.05, 0.1) is 0 Å². The van der Waals surface area contributed by atoms with E-state index in [1.54, 1.807) is 0 Å². The van der Waals surface area contributed by atoms with Crippen LogP contribution < -0.4 is 10.6 Å². The molecule has 2 aliphatic rings. The van der Waals surface area contributed by atoms with Crippen LogP contribution in [-0.2, 0) is 0 Å². The summed E-state index contributed by atoms with van der Waals surface area (Å²) < 4.78 is 0. The zero-order chi connectivity index (χ0) is 6.81. The van der Waals surface area contributed by atoms with Gasteiger partial charge in [-0.25, -0.2) is 0 Å². The Hall–Kier alpha value is -0.760. The highest BCUT2D eigenvalue weighted by Crippen LogP contribution is 2.11. The van der Waals surface area contributed by atoms with Crippen LogP contribution in [0.2, 0.25) is 0 Å². The van der Waals surface area contributed by atoms with Crippen LogP contribution >= 0.6 is 0 Å². The fraction of sp³-hybridized carbons (Fsp3) is 0.500. The molecule has 0 radical (unpaired) electrons. The number of fused-ring (bicyclic) bond motifs is 1. The smallest absolute Gasteiger partial charge is 0.0488 e. The average Bonchev–Trinajstić information content (AvgIpc) is 2.28. The van der Waals surface area contributed by atoms with Crippen molar-refractivity contribution in [3.05, 3.63) is 23.9 Å². The zero-order valence-corrected chi connectivity index (χ0v) is 5.93. The molecule has 0 bridgehead atoms. The summed E-state index contributed by atoms with van der Waals surface area (Å²) in [6.45, 7) is 2.13. The summed E-state index contributed by atoms with van der Waals surface area (Å²) in [6, 6.07) is 0.593. The average molecular weight is 136 g/mol. The first kappa shape index (κ1) is 5.98. The van der Waals surface area contributed by atoms with Gasteiger partial charge in [-0.15, -0.1) is 0 Å². The largest absolute Gasteiger partial charge is 0.387 e. The lowest BCUT2D eigenvalue weighted by Gasteiger charge is -2.08. The number of hydrogen-bond acceptors (Lipinski definition) is 2. The molecule has 1 atom stereocenters. The number of hydrogen-bond donors (Lipinski definition) is 2. The minimum atomic E-state index is 0.593. The second-order valence-corrected chi connectivity index (χ2v) is 2.73.